The van der Waals surface area contributed by atoms with E-state index in [1.54, 1.807) is 0 Å². The Balaban J connectivity index is 2.44. The minimum absolute atomic E-state index is 0.166. The van der Waals surface area contributed by atoms with E-state index in [2.05, 4.69) is 27.7 Å². The molecule has 0 aromatic heterocycles. The summed E-state index contributed by atoms with van der Waals surface area (Å²) in [5.74, 6) is 0.752. The topological polar surface area (TPSA) is 20.2 Å². The van der Waals surface area contributed by atoms with E-state index in [1.807, 2.05) is 0 Å². The van der Waals surface area contributed by atoms with Crippen molar-refractivity contribution in [2.24, 2.45) is 16.7 Å². The highest BCUT2D eigenvalue weighted by Gasteiger charge is 2.67. The van der Waals surface area contributed by atoms with Gasteiger partial charge in [0.1, 0.15) is 0 Å². The van der Waals surface area contributed by atoms with E-state index in [0.29, 0.717) is 5.41 Å². The summed E-state index contributed by atoms with van der Waals surface area (Å²) >= 11 is 0. The zero-order valence-corrected chi connectivity index (χ0v) is 9.35. The fourth-order valence-electron chi connectivity index (χ4n) is 3.95. The second-order valence-electron chi connectivity index (χ2n) is 5.88. The van der Waals surface area contributed by atoms with Crippen molar-refractivity contribution >= 4 is 0 Å². The van der Waals surface area contributed by atoms with Crippen LogP contribution < -0.4 is 0 Å². The number of hydrogen-bond acceptors (Lipinski definition) is 1. The second-order valence-corrected chi connectivity index (χ2v) is 5.88. The van der Waals surface area contributed by atoms with Crippen LogP contribution >= 0.6 is 0 Å². The van der Waals surface area contributed by atoms with Gasteiger partial charge in [-0.15, -0.1) is 0 Å². The van der Waals surface area contributed by atoms with Crippen LogP contribution in [0.4, 0.5) is 0 Å². The predicted molar refractivity (Wildman–Crippen MR) is 54.5 cm³/mol. The van der Waals surface area contributed by atoms with Crippen LogP contribution in [0.3, 0.4) is 0 Å². The summed E-state index contributed by atoms with van der Waals surface area (Å²) < 4.78 is 0. The van der Waals surface area contributed by atoms with Gasteiger partial charge in [0.25, 0.3) is 0 Å². The van der Waals surface area contributed by atoms with Gasteiger partial charge in [-0.3, -0.25) is 0 Å². The number of rotatable bonds is 1. The van der Waals surface area contributed by atoms with E-state index in [1.165, 1.54) is 12.8 Å². The molecule has 2 aliphatic rings. The zero-order valence-electron chi connectivity index (χ0n) is 9.35. The molecule has 0 aliphatic heterocycles. The first kappa shape index (κ1) is 9.51. The summed E-state index contributed by atoms with van der Waals surface area (Å²) in [6.45, 7) is 9.11. The van der Waals surface area contributed by atoms with Gasteiger partial charge in [0.05, 0.1) is 5.60 Å². The molecule has 0 radical (unpaired) electrons. The monoisotopic (exact) mass is 182 g/mol. The zero-order chi connectivity index (χ0) is 9.91. The van der Waals surface area contributed by atoms with Crippen LogP contribution in [0.1, 0.15) is 53.4 Å². The summed E-state index contributed by atoms with van der Waals surface area (Å²) in [6.07, 6.45) is 4.50. The first-order chi connectivity index (χ1) is 5.87. The summed E-state index contributed by atoms with van der Waals surface area (Å²) in [6, 6.07) is 0. The lowest BCUT2D eigenvalue weighted by atomic mass is 9.64. The van der Waals surface area contributed by atoms with Crippen LogP contribution in [-0.2, 0) is 0 Å². The van der Waals surface area contributed by atoms with Gasteiger partial charge in [0, 0.05) is 5.41 Å². The molecule has 3 atom stereocenters. The lowest BCUT2D eigenvalue weighted by Gasteiger charge is -2.45. The normalized spacial score (nSPS) is 52.8. The molecule has 2 rings (SSSR count). The van der Waals surface area contributed by atoms with E-state index in [-0.39, 0.29) is 11.0 Å². The average molecular weight is 182 g/mol. The van der Waals surface area contributed by atoms with Crippen LogP contribution in [0.5, 0.6) is 0 Å². The van der Waals surface area contributed by atoms with Crippen LogP contribution in [0.15, 0.2) is 0 Å². The van der Waals surface area contributed by atoms with E-state index in [9.17, 15) is 5.11 Å². The molecule has 0 spiro atoms. The van der Waals surface area contributed by atoms with Crippen molar-refractivity contribution in [3.63, 3.8) is 0 Å². The fraction of sp³-hybridized carbons (Fsp3) is 1.00. The van der Waals surface area contributed by atoms with Gasteiger partial charge < -0.3 is 5.11 Å². The van der Waals surface area contributed by atoms with Crippen molar-refractivity contribution < 1.29 is 5.11 Å². The molecule has 13 heavy (non-hydrogen) atoms. The molecule has 2 fully saturated rings. The smallest absolute Gasteiger partial charge is 0.0706 e. The van der Waals surface area contributed by atoms with Crippen molar-refractivity contribution in [3.05, 3.63) is 0 Å². The molecule has 2 bridgehead atoms. The predicted octanol–water partition coefficient (Wildman–Crippen LogP) is 2.97. The van der Waals surface area contributed by atoms with Gasteiger partial charge in [-0.05, 0) is 37.0 Å². The van der Waals surface area contributed by atoms with Gasteiger partial charge in [0.15, 0.2) is 0 Å². The highest BCUT2D eigenvalue weighted by atomic mass is 16.3. The Morgan fingerprint density at radius 2 is 1.92 bits per heavy atom. The third-order valence-corrected chi connectivity index (χ3v) is 5.63. The summed E-state index contributed by atoms with van der Waals surface area (Å²) in [4.78, 5) is 0. The molecule has 1 N–H and O–H groups in total. The van der Waals surface area contributed by atoms with Crippen molar-refractivity contribution in [1.29, 1.82) is 0 Å². The van der Waals surface area contributed by atoms with Gasteiger partial charge in [-0.2, -0.15) is 0 Å². The van der Waals surface area contributed by atoms with Gasteiger partial charge in [0.2, 0.25) is 0 Å². The standard InChI is InChI=1S/C12H22O/c1-5-12(13)8-9-6-7-11(12,4)10(9,2)3/h9,13H,5-8H2,1-4H3/t9-,11+,12-/m1/s1. The van der Waals surface area contributed by atoms with Crippen LogP contribution in [0.25, 0.3) is 0 Å². The number of hydrogen-bond donors (Lipinski definition) is 1. The maximum Gasteiger partial charge on any atom is 0.0706 e. The minimum atomic E-state index is -0.376. The molecule has 0 amide bonds. The second kappa shape index (κ2) is 2.31. The quantitative estimate of drug-likeness (QED) is 0.661. The van der Waals surface area contributed by atoms with Crippen LogP contribution in [-0.4, -0.2) is 10.7 Å². The largest absolute Gasteiger partial charge is 0.389 e. The molecule has 0 saturated heterocycles. The van der Waals surface area contributed by atoms with E-state index in [4.69, 9.17) is 0 Å². The van der Waals surface area contributed by atoms with E-state index in [0.717, 1.165) is 18.8 Å². The van der Waals surface area contributed by atoms with Gasteiger partial charge in [-0.25, -0.2) is 0 Å². The molecule has 2 saturated carbocycles. The van der Waals surface area contributed by atoms with Gasteiger partial charge in [-0.1, -0.05) is 27.7 Å². The Morgan fingerprint density at radius 1 is 1.31 bits per heavy atom. The Bertz CT molecular complexity index is 233. The van der Waals surface area contributed by atoms with Crippen LogP contribution in [0, 0.1) is 16.7 Å². The van der Waals surface area contributed by atoms with Crippen molar-refractivity contribution in [2.45, 2.75) is 59.0 Å². The van der Waals surface area contributed by atoms with E-state index < -0.39 is 0 Å². The highest BCUT2D eigenvalue weighted by molar-refractivity contribution is 5.17. The third-order valence-electron chi connectivity index (χ3n) is 5.63. The van der Waals surface area contributed by atoms with Crippen molar-refractivity contribution in [3.8, 4) is 0 Å². The summed E-state index contributed by atoms with van der Waals surface area (Å²) in [7, 11) is 0. The molecule has 76 valence electrons. The molecule has 1 nitrogen and oxygen atoms in total. The molecule has 0 unspecified atom stereocenters. The maximum absolute atomic E-state index is 10.6. The van der Waals surface area contributed by atoms with Crippen molar-refractivity contribution in [2.75, 3.05) is 0 Å². The Labute approximate surface area is 81.5 Å². The SMILES string of the molecule is CC[C@@]1(O)C[C@H]2CC[C@@]1(C)C2(C)C. The maximum atomic E-state index is 10.6. The van der Waals surface area contributed by atoms with Gasteiger partial charge >= 0.3 is 0 Å². The first-order valence-electron chi connectivity index (χ1n) is 5.60. The fourth-order valence-corrected chi connectivity index (χ4v) is 3.95. The molecule has 2 aliphatic carbocycles. The van der Waals surface area contributed by atoms with E-state index >= 15 is 0 Å². The summed E-state index contributed by atoms with van der Waals surface area (Å²) in [5.41, 5.74) is 0.136. The summed E-state index contributed by atoms with van der Waals surface area (Å²) in [5, 5.41) is 10.6. The Morgan fingerprint density at radius 3 is 2.15 bits per heavy atom. The average Bonchev–Trinajstić information content (AvgIpc) is 2.36. The van der Waals surface area contributed by atoms with Crippen molar-refractivity contribution in [1.82, 2.24) is 0 Å². The van der Waals surface area contributed by atoms with Crippen LogP contribution in [0.2, 0.25) is 0 Å². The molecular formula is C12H22O. The number of aliphatic hydroxyl groups is 1. The molecule has 0 aromatic carbocycles. The first-order valence-corrected chi connectivity index (χ1v) is 5.60. The molecule has 0 heterocycles. The third kappa shape index (κ3) is 0.823. The Kier molecular flexibility index (Phi) is 1.69. The lowest BCUT2D eigenvalue weighted by Crippen LogP contribution is -2.46. The molecule has 0 aromatic rings. The molecule has 1 heteroatoms. The Hall–Kier alpha value is -0.0400. The number of fused-ring (bicyclic) bond motifs is 2. The highest BCUT2D eigenvalue weighted by Crippen LogP contribution is 2.70. The molecular weight excluding hydrogens is 160 g/mol. The lowest BCUT2D eigenvalue weighted by molar-refractivity contribution is -0.0914. The minimum Gasteiger partial charge on any atom is -0.389 e.